The van der Waals surface area contributed by atoms with Crippen molar-refractivity contribution in [3.05, 3.63) is 40.5 Å². The molecular weight excluding hydrogens is 306 g/mol. The summed E-state index contributed by atoms with van der Waals surface area (Å²) >= 11 is 3.48. The molecule has 0 bridgehead atoms. The highest BCUT2D eigenvalue weighted by atomic mass is 79.9. The van der Waals surface area contributed by atoms with Crippen molar-refractivity contribution in [2.45, 2.75) is 6.92 Å². The Bertz CT molecular complexity index is 752. The van der Waals surface area contributed by atoms with Gasteiger partial charge in [0.25, 0.3) is 0 Å². The third-order valence-electron chi connectivity index (χ3n) is 3.03. The summed E-state index contributed by atoms with van der Waals surface area (Å²) in [5.74, 6) is 1.61. The molecule has 1 N–H and O–H groups in total. The molecule has 0 spiro atoms. The minimum atomic E-state index is 0.738. The van der Waals surface area contributed by atoms with Crippen LogP contribution in [0.15, 0.2) is 34.9 Å². The molecule has 0 amide bonds. The summed E-state index contributed by atoms with van der Waals surface area (Å²) in [5, 5.41) is 0. The van der Waals surface area contributed by atoms with Gasteiger partial charge in [-0.3, -0.25) is 0 Å². The van der Waals surface area contributed by atoms with Crippen molar-refractivity contribution in [3.63, 3.8) is 0 Å². The van der Waals surface area contributed by atoms with Crippen LogP contribution in [0.5, 0.6) is 5.75 Å². The molecule has 96 valence electrons. The summed E-state index contributed by atoms with van der Waals surface area (Å²) in [6, 6.07) is 7.82. The molecule has 2 aromatic heterocycles. The topological polar surface area (TPSA) is 50.8 Å². The Labute approximate surface area is 119 Å². The van der Waals surface area contributed by atoms with Crippen LogP contribution in [0.1, 0.15) is 5.56 Å². The summed E-state index contributed by atoms with van der Waals surface area (Å²) in [4.78, 5) is 12.1. The second-order valence-electron chi connectivity index (χ2n) is 4.26. The van der Waals surface area contributed by atoms with Gasteiger partial charge in [-0.05, 0) is 52.7 Å². The molecule has 19 heavy (non-hydrogen) atoms. The molecule has 0 aliphatic rings. The van der Waals surface area contributed by atoms with E-state index in [1.54, 1.807) is 13.3 Å². The first kappa shape index (κ1) is 12.2. The lowest BCUT2D eigenvalue weighted by molar-refractivity contribution is 0.412. The molecule has 0 fully saturated rings. The smallest absolute Gasteiger partial charge is 0.178 e. The zero-order valence-electron chi connectivity index (χ0n) is 10.6. The van der Waals surface area contributed by atoms with Gasteiger partial charge in [0.05, 0.1) is 17.1 Å². The molecule has 1 aromatic carbocycles. The zero-order chi connectivity index (χ0) is 13.4. The number of H-pyrrole nitrogens is 1. The molecule has 0 saturated heterocycles. The van der Waals surface area contributed by atoms with Crippen molar-refractivity contribution >= 4 is 27.1 Å². The summed E-state index contributed by atoms with van der Waals surface area (Å²) in [5.41, 5.74) is 3.84. The van der Waals surface area contributed by atoms with E-state index in [-0.39, 0.29) is 0 Å². The Morgan fingerprint density at radius 1 is 1.26 bits per heavy atom. The lowest BCUT2D eigenvalue weighted by atomic mass is 10.2. The van der Waals surface area contributed by atoms with Gasteiger partial charge in [0.1, 0.15) is 11.6 Å². The number of nitrogens with zero attached hydrogens (tertiary/aromatic N) is 2. The highest BCUT2D eigenvalue weighted by molar-refractivity contribution is 9.10. The Morgan fingerprint density at radius 2 is 2.11 bits per heavy atom. The normalized spacial score (nSPS) is 10.9. The average molecular weight is 318 g/mol. The van der Waals surface area contributed by atoms with E-state index in [1.807, 2.05) is 31.2 Å². The minimum Gasteiger partial charge on any atom is -0.496 e. The number of hydrogen-bond donors (Lipinski definition) is 1. The third kappa shape index (κ3) is 2.10. The van der Waals surface area contributed by atoms with Crippen molar-refractivity contribution in [2.24, 2.45) is 0 Å². The quantitative estimate of drug-likeness (QED) is 0.784. The van der Waals surface area contributed by atoms with E-state index >= 15 is 0 Å². The third-order valence-corrected chi connectivity index (χ3v) is 3.65. The number of ether oxygens (including phenoxy) is 1. The number of imidazole rings is 1. The molecule has 0 unspecified atom stereocenters. The van der Waals surface area contributed by atoms with Crippen molar-refractivity contribution < 1.29 is 4.74 Å². The fourth-order valence-electron chi connectivity index (χ4n) is 1.99. The van der Waals surface area contributed by atoms with Gasteiger partial charge < -0.3 is 9.72 Å². The van der Waals surface area contributed by atoms with E-state index in [1.165, 1.54) is 0 Å². The number of aryl methyl sites for hydroxylation is 1. The highest BCUT2D eigenvalue weighted by Crippen LogP contribution is 2.30. The monoisotopic (exact) mass is 317 g/mol. The fourth-order valence-corrected chi connectivity index (χ4v) is 2.53. The number of hydrogen-bond acceptors (Lipinski definition) is 3. The van der Waals surface area contributed by atoms with Crippen molar-refractivity contribution in [1.29, 1.82) is 0 Å². The van der Waals surface area contributed by atoms with Crippen LogP contribution in [0.3, 0.4) is 0 Å². The van der Waals surface area contributed by atoms with Crippen LogP contribution < -0.4 is 4.74 Å². The summed E-state index contributed by atoms with van der Waals surface area (Å²) in [7, 11) is 1.65. The van der Waals surface area contributed by atoms with Gasteiger partial charge >= 0.3 is 0 Å². The van der Waals surface area contributed by atoms with Crippen LogP contribution in [-0.4, -0.2) is 22.1 Å². The zero-order valence-corrected chi connectivity index (χ0v) is 12.2. The molecule has 0 atom stereocenters. The molecule has 0 radical (unpaired) electrons. The largest absolute Gasteiger partial charge is 0.496 e. The Kier molecular flexibility index (Phi) is 2.98. The lowest BCUT2D eigenvalue weighted by Crippen LogP contribution is -1.86. The lowest BCUT2D eigenvalue weighted by Gasteiger charge is -2.04. The van der Waals surface area contributed by atoms with E-state index in [0.717, 1.165) is 38.3 Å². The van der Waals surface area contributed by atoms with Gasteiger partial charge in [0, 0.05) is 11.8 Å². The minimum absolute atomic E-state index is 0.738. The Balaban J connectivity index is 2.14. The maximum atomic E-state index is 5.22. The second-order valence-corrected chi connectivity index (χ2v) is 5.12. The maximum absolute atomic E-state index is 5.22. The first-order valence-electron chi connectivity index (χ1n) is 5.84. The van der Waals surface area contributed by atoms with E-state index < -0.39 is 0 Å². The number of methoxy groups -OCH3 is 1. The van der Waals surface area contributed by atoms with Crippen LogP contribution in [0.4, 0.5) is 0 Å². The van der Waals surface area contributed by atoms with Crippen LogP contribution in [-0.2, 0) is 0 Å². The molecular formula is C14H12BrN3O. The number of aromatic nitrogens is 3. The number of benzene rings is 1. The molecule has 2 heterocycles. The van der Waals surface area contributed by atoms with Crippen LogP contribution >= 0.6 is 15.9 Å². The van der Waals surface area contributed by atoms with Crippen molar-refractivity contribution in [3.8, 4) is 17.1 Å². The maximum Gasteiger partial charge on any atom is 0.178 e. The van der Waals surface area contributed by atoms with Gasteiger partial charge in [-0.25, -0.2) is 9.97 Å². The Morgan fingerprint density at radius 3 is 2.79 bits per heavy atom. The van der Waals surface area contributed by atoms with E-state index in [9.17, 15) is 0 Å². The number of nitrogens with one attached hydrogen (secondary N) is 1. The van der Waals surface area contributed by atoms with Gasteiger partial charge in [-0.15, -0.1) is 0 Å². The van der Waals surface area contributed by atoms with Crippen LogP contribution in [0.2, 0.25) is 0 Å². The average Bonchev–Trinajstić information content (AvgIpc) is 2.84. The Hall–Kier alpha value is -1.88. The summed E-state index contributed by atoms with van der Waals surface area (Å²) in [6.07, 6.45) is 1.77. The highest BCUT2D eigenvalue weighted by Gasteiger charge is 2.09. The molecule has 0 aliphatic heterocycles. The second kappa shape index (κ2) is 4.66. The number of rotatable bonds is 2. The summed E-state index contributed by atoms with van der Waals surface area (Å²) < 4.78 is 6.12. The number of pyridine rings is 1. The van der Waals surface area contributed by atoms with Gasteiger partial charge in [0.15, 0.2) is 5.65 Å². The predicted octanol–water partition coefficient (Wildman–Crippen LogP) is 3.70. The molecule has 3 rings (SSSR count). The molecule has 5 heteroatoms. The van der Waals surface area contributed by atoms with Gasteiger partial charge in [-0.1, -0.05) is 0 Å². The molecule has 0 saturated carbocycles. The van der Waals surface area contributed by atoms with E-state index in [4.69, 9.17) is 4.74 Å². The number of aromatic amines is 1. The number of fused-ring (bicyclic) bond motifs is 1. The van der Waals surface area contributed by atoms with Crippen LogP contribution in [0.25, 0.3) is 22.6 Å². The van der Waals surface area contributed by atoms with Gasteiger partial charge in [-0.2, -0.15) is 0 Å². The van der Waals surface area contributed by atoms with Gasteiger partial charge in [0.2, 0.25) is 0 Å². The molecule has 0 aliphatic carbocycles. The van der Waals surface area contributed by atoms with Crippen molar-refractivity contribution in [2.75, 3.05) is 7.11 Å². The first-order chi connectivity index (χ1) is 9.19. The van der Waals surface area contributed by atoms with E-state index in [0.29, 0.717) is 0 Å². The predicted molar refractivity (Wildman–Crippen MR) is 78.3 cm³/mol. The van der Waals surface area contributed by atoms with Crippen molar-refractivity contribution in [1.82, 2.24) is 15.0 Å². The first-order valence-corrected chi connectivity index (χ1v) is 6.63. The summed E-state index contributed by atoms with van der Waals surface area (Å²) in [6.45, 7) is 2.04. The van der Waals surface area contributed by atoms with E-state index in [2.05, 4.69) is 30.9 Å². The number of halogens is 1. The molecule has 3 aromatic rings. The van der Waals surface area contributed by atoms with Crippen LogP contribution in [0, 0.1) is 6.92 Å². The molecule has 4 nitrogen and oxygen atoms in total. The fraction of sp³-hybridized carbons (Fsp3) is 0.143. The SMILES string of the molecule is COc1ccc(-c2nc3nccc(C)c3[nH]2)cc1Br. The standard InChI is InChI=1S/C14H12BrN3O/c1-8-5-6-16-14-12(8)17-13(18-14)9-3-4-11(19-2)10(15)7-9/h3-7H,1-2H3,(H,16,17,18).